The minimum Gasteiger partial charge on any atom is -0.477 e. The van der Waals surface area contributed by atoms with Crippen molar-refractivity contribution in [2.45, 2.75) is 0 Å². The molecule has 0 amide bonds. The first kappa shape index (κ1) is 11.6. The molecule has 0 spiro atoms. The summed E-state index contributed by atoms with van der Waals surface area (Å²) < 4.78 is 14.4. The number of carboxylic acids is 1. The molecule has 4 nitrogen and oxygen atoms in total. The molecule has 1 aromatic heterocycles. The molecule has 2 aromatic rings. The SMILES string of the molecule is Cn1cnc(-c2ccc(F)c(Cl)c2)c1C(=O)O. The highest BCUT2D eigenvalue weighted by molar-refractivity contribution is 6.31. The van der Waals surface area contributed by atoms with Gasteiger partial charge in [-0.05, 0) is 18.2 Å². The van der Waals surface area contributed by atoms with E-state index in [1.165, 1.54) is 29.1 Å². The van der Waals surface area contributed by atoms with Crippen LogP contribution in [0.25, 0.3) is 11.3 Å². The zero-order valence-electron chi connectivity index (χ0n) is 8.82. The van der Waals surface area contributed by atoms with Crippen molar-refractivity contribution in [1.29, 1.82) is 0 Å². The number of nitrogens with zero attached hydrogens (tertiary/aromatic N) is 2. The van der Waals surface area contributed by atoms with Crippen molar-refractivity contribution in [3.8, 4) is 11.3 Å². The van der Waals surface area contributed by atoms with E-state index in [0.29, 0.717) is 5.56 Å². The predicted octanol–water partition coefficient (Wildman–Crippen LogP) is 2.58. The van der Waals surface area contributed by atoms with Crippen LogP contribution >= 0.6 is 11.6 Å². The lowest BCUT2D eigenvalue weighted by molar-refractivity contribution is 0.0687. The average Bonchev–Trinajstić information content (AvgIpc) is 2.64. The van der Waals surface area contributed by atoms with Crippen LogP contribution in [-0.4, -0.2) is 20.6 Å². The molecule has 0 saturated heterocycles. The summed E-state index contributed by atoms with van der Waals surface area (Å²) in [6.45, 7) is 0. The van der Waals surface area contributed by atoms with Crippen LogP contribution in [0.4, 0.5) is 4.39 Å². The van der Waals surface area contributed by atoms with Gasteiger partial charge in [-0.2, -0.15) is 0 Å². The predicted molar refractivity (Wildman–Crippen MR) is 60.6 cm³/mol. The number of aromatic carboxylic acids is 1. The van der Waals surface area contributed by atoms with Crippen LogP contribution in [0.15, 0.2) is 24.5 Å². The fraction of sp³-hybridized carbons (Fsp3) is 0.0909. The molecule has 0 aliphatic rings. The number of halogens is 2. The zero-order valence-corrected chi connectivity index (χ0v) is 9.57. The number of imidazole rings is 1. The Labute approximate surface area is 101 Å². The summed E-state index contributed by atoms with van der Waals surface area (Å²) in [5, 5.41) is 8.99. The van der Waals surface area contributed by atoms with E-state index in [0.717, 1.165) is 0 Å². The van der Waals surface area contributed by atoms with Gasteiger partial charge in [-0.3, -0.25) is 0 Å². The van der Waals surface area contributed by atoms with Crippen LogP contribution in [0.2, 0.25) is 5.02 Å². The molecule has 0 saturated carbocycles. The summed E-state index contributed by atoms with van der Waals surface area (Å²) >= 11 is 5.65. The molecule has 0 unspecified atom stereocenters. The third-order valence-corrected chi connectivity index (χ3v) is 2.62. The van der Waals surface area contributed by atoms with Crippen molar-refractivity contribution in [2.75, 3.05) is 0 Å². The second kappa shape index (κ2) is 4.18. The van der Waals surface area contributed by atoms with Gasteiger partial charge in [0.15, 0.2) is 5.69 Å². The van der Waals surface area contributed by atoms with E-state index in [-0.39, 0.29) is 16.4 Å². The van der Waals surface area contributed by atoms with E-state index in [1.54, 1.807) is 7.05 Å². The minimum atomic E-state index is -1.10. The topological polar surface area (TPSA) is 55.1 Å². The molecule has 17 heavy (non-hydrogen) atoms. The molecule has 6 heteroatoms. The van der Waals surface area contributed by atoms with E-state index in [4.69, 9.17) is 16.7 Å². The average molecular weight is 255 g/mol. The van der Waals surface area contributed by atoms with Crippen molar-refractivity contribution >= 4 is 17.6 Å². The van der Waals surface area contributed by atoms with Crippen molar-refractivity contribution < 1.29 is 14.3 Å². The van der Waals surface area contributed by atoms with Crippen LogP contribution in [0.1, 0.15) is 10.5 Å². The summed E-state index contributed by atoms with van der Waals surface area (Å²) in [7, 11) is 1.57. The monoisotopic (exact) mass is 254 g/mol. The van der Waals surface area contributed by atoms with Gasteiger partial charge in [0.05, 0.1) is 11.3 Å². The zero-order chi connectivity index (χ0) is 12.6. The molecular formula is C11H8ClFN2O2. The van der Waals surface area contributed by atoms with Crippen molar-refractivity contribution in [2.24, 2.45) is 7.05 Å². The molecule has 0 aliphatic carbocycles. The normalized spacial score (nSPS) is 10.5. The second-order valence-corrected chi connectivity index (χ2v) is 3.89. The molecule has 0 atom stereocenters. The van der Waals surface area contributed by atoms with Crippen LogP contribution in [0.3, 0.4) is 0 Å². The van der Waals surface area contributed by atoms with Gasteiger partial charge in [0.2, 0.25) is 0 Å². The summed E-state index contributed by atoms with van der Waals surface area (Å²) in [4.78, 5) is 15.0. The van der Waals surface area contributed by atoms with E-state index in [2.05, 4.69) is 4.98 Å². The Morgan fingerprint density at radius 1 is 1.53 bits per heavy atom. The fourth-order valence-corrected chi connectivity index (χ4v) is 1.72. The molecule has 0 radical (unpaired) electrons. The molecule has 0 aliphatic heterocycles. The highest BCUT2D eigenvalue weighted by Gasteiger charge is 2.18. The van der Waals surface area contributed by atoms with Gasteiger partial charge in [0.25, 0.3) is 0 Å². The molecule has 1 aromatic carbocycles. The minimum absolute atomic E-state index is 0.0349. The van der Waals surface area contributed by atoms with Gasteiger partial charge >= 0.3 is 5.97 Å². The molecule has 88 valence electrons. The molecule has 0 bridgehead atoms. The number of aryl methyl sites for hydroxylation is 1. The molecular weight excluding hydrogens is 247 g/mol. The smallest absolute Gasteiger partial charge is 0.354 e. The molecule has 1 N–H and O–H groups in total. The van der Waals surface area contributed by atoms with Crippen LogP contribution in [0.5, 0.6) is 0 Å². The summed E-state index contributed by atoms with van der Waals surface area (Å²) in [5.41, 5.74) is 0.768. The first-order valence-corrected chi connectivity index (χ1v) is 5.08. The Bertz CT molecular complexity index is 595. The quantitative estimate of drug-likeness (QED) is 0.896. The van der Waals surface area contributed by atoms with E-state index in [1.807, 2.05) is 0 Å². The molecule has 0 fully saturated rings. The maximum absolute atomic E-state index is 13.0. The van der Waals surface area contributed by atoms with Crippen LogP contribution in [0, 0.1) is 5.82 Å². The molecule has 1 heterocycles. The van der Waals surface area contributed by atoms with Crippen LogP contribution < -0.4 is 0 Å². The van der Waals surface area contributed by atoms with Gasteiger partial charge in [0, 0.05) is 12.6 Å². The Morgan fingerprint density at radius 2 is 2.24 bits per heavy atom. The van der Waals surface area contributed by atoms with Gasteiger partial charge < -0.3 is 9.67 Å². The summed E-state index contributed by atoms with van der Waals surface area (Å²) in [5.74, 6) is -1.65. The largest absolute Gasteiger partial charge is 0.477 e. The van der Waals surface area contributed by atoms with Crippen molar-refractivity contribution in [1.82, 2.24) is 9.55 Å². The Hall–Kier alpha value is -1.88. The van der Waals surface area contributed by atoms with E-state index >= 15 is 0 Å². The highest BCUT2D eigenvalue weighted by Crippen LogP contribution is 2.26. The van der Waals surface area contributed by atoms with Crippen molar-refractivity contribution in [3.05, 3.63) is 41.1 Å². The number of hydrogen-bond donors (Lipinski definition) is 1. The Balaban J connectivity index is 2.60. The standard InChI is InChI=1S/C11H8ClFN2O2/c1-15-5-14-9(10(15)11(16)17)6-2-3-8(13)7(12)4-6/h2-5H,1H3,(H,16,17). The first-order valence-electron chi connectivity index (χ1n) is 4.70. The number of aromatic nitrogens is 2. The number of rotatable bonds is 2. The van der Waals surface area contributed by atoms with Crippen molar-refractivity contribution in [3.63, 3.8) is 0 Å². The fourth-order valence-electron chi connectivity index (χ4n) is 1.54. The number of benzene rings is 1. The lowest BCUT2D eigenvalue weighted by Gasteiger charge is -2.02. The first-order chi connectivity index (χ1) is 8.00. The van der Waals surface area contributed by atoms with Gasteiger partial charge in [-0.25, -0.2) is 14.2 Å². The summed E-state index contributed by atoms with van der Waals surface area (Å²) in [6.07, 6.45) is 1.38. The Morgan fingerprint density at radius 3 is 2.82 bits per heavy atom. The molecule has 2 rings (SSSR count). The highest BCUT2D eigenvalue weighted by atomic mass is 35.5. The van der Waals surface area contributed by atoms with Gasteiger partial charge in [-0.1, -0.05) is 11.6 Å². The lowest BCUT2D eigenvalue weighted by atomic mass is 10.1. The van der Waals surface area contributed by atoms with Gasteiger partial charge in [-0.15, -0.1) is 0 Å². The lowest BCUT2D eigenvalue weighted by Crippen LogP contribution is -2.05. The number of carbonyl (C=O) groups is 1. The van der Waals surface area contributed by atoms with Gasteiger partial charge in [0.1, 0.15) is 11.5 Å². The number of hydrogen-bond acceptors (Lipinski definition) is 2. The van der Waals surface area contributed by atoms with E-state index < -0.39 is 11.8 Å². The Kier molecular flexibility index (Phi) is 2.85. The van der Waals surface area contributed by atoms with Crippen LogP contribution in [-0.2, 0) is 7.05 Å². The summed E-state index contributed by atoms with van der Waals surface area (Å²) in [6, 6.07) is 3.97. The maximum Gasteiger partial charge on any atom is 0.354 e. The maximum atomic E-state index is 13.0. The third kappa shape index (κ3) is 2.01. The van der Waals surface area contributed by atoms with E-state index in [9.17, 15) is 9.18 Å². The second-order valence-electron chi connectivity index (χ2n) is 3.49. The number of carboxylic acid groups (broad SMARTS) is 1. The third-order valence-electron chi connectivity index (χ3n) is 2.33.